The molecule has 3 N–H and O–H groups in total. The van der Waals surface area contributed by atoms with Gasteiger partial charge in [-0.25, -0.2) is 0 Å². The maximum absolute atomic E-state index is 10.4. The molecule has 0 aliphatic carbocycles. The maximum Gasteiger partial charge on any atom is 0.211 e. The number of nitrogens with one attached hydrogen (secondary N) is 1. The van der Waals surface area contributed by atoms with Gasteiger partial charge in [0.25, 0.3) is 0 Å². The highest BCUT2D eigenvalue weighted by Crippen LogP contribution is 1.88. The number of nitrogens with zero attached hydrogens (tertiary/aromatic N) is 1. The molecule has 9 heavy (non-hydrogen) atoms. The smallest absolute Gasteiger partial charge is 0.211 e. The van der Waals surface area contributed by atoms with Gasteiger partial charge in [0.05, 0.1) is 6.54 Å². The lowest BCUT2D eigenvalue weighted by molar-refractivity contribution is -0.109. The number of guanidine groups is 1. The van der Waals surface area contributed by atoms with Crippen LogP contribution < -0.4 is 5.73 Å². The zero-order valence-electron chi connectivity index (χ0n) is 5.02. The molecule has 0 saturated heterocycles. The van der Waals surface area contributed by atoms with Crippen LogP contribution in [0.1, 0.15) is 0 Å². The highest BCUT2D eigenvalue weighted by molar-refractivity contribution is 14.1. The van der Waals surface area contributed by atoms with E-state index in [1.807, 2.05) is 0 Å². The van der Waals surface area contributed by atoms with Gasteiger partial charge < -0.3 is 10.6 Å². The Morgan fingerprint density at radius 2 is 2.33 bits per heavy atom. The van der Waals surface area contributed by atoms with E-state index in [0.717, 1.165) is 0 Å². The molecule has 52 valence electrons. The molecule has 0 rings (SSSR count). The Morgan fingerprint density at radius 1 is 1.89 bits per heavy atom. The number of carbonyl (C=O) groups is 1. The first-order valence-electron chi connectivity index (χ1n) is 2.27. The van der Waals surface area contributed by atoms with E-state index in [2.05, 4.69) is 0 Å². The normalized spacial score (nSPS) is 8.67. The second kappa shape index (κ2) is 3.65. The molecule has 0 saturated carbocycles. The lowest BCUT2D eigenvalue weighted by Crippen LogP contribution is -2.35. The monoisotopic (exact) mass is 241 g/mol. The van der Waals surface area contributed by atoms with Crippen molar-refractivity contribution in [3.63, 3.8) is 0 Å². The quantitative estimate of drug-likeness (QED) is 0.303. The van der Waals surface area contributed by atoms with Crippen LogP contribution in [-0.4, -0.2) is 28.2 Å². The van der Waals surface area contributed by atoms with Crippen molar-refractivity contribution in [2.24, 2.45) is 5.73 Å². The molecule has 4 nitrogen and oxygen atoms in total. The van der Waals surface area contributed by atoms with Gasteiger partial charge in [0.2, 0.25) is 3.79 Å². The van der Waals surface area contributed by atoms with Gasteiger partial charge in [-0.3, -0.25) is 10.2 Å². The van der Waals surface area contributed by atoms with Crippen LogP contribution in [0.5, 0.6) is 0 Å². The van der Waals surface area contributed by atoms with Crippen molar-refractivity contribution < 1.29 is 4.79 Å². The molecule has 0 aromatic heterocycles. The molecular formula is C4H8IN3O. The van der Waals surface area contributed by atoms with E-state index in [9.17, 15) is 4.79 Å². The van der Waals surface area contributed by atoms with Crippen molar-refractivity contribution in [1.82, 2.24) is 4.90 Å². The molecule has 0 amide bonds. The maximum atomic E-state index is 10.4. The Labute approximate surface area is 67.0 Å². The van der Waals surface area contributed by atoms with Crippen LogP contribution in [-0.2, 0) is 4.79 Å². The topological polar surface area (TPSA) is 70.2 Å². The number of likely N-dealkylation sites (N-methyl/N-ethyl adjacent to an activating group) is 1. The fourth-order valence-electron chi connectivity index (χ4n) is 0.272. The third-order valence-electron chi connectivity index (χ3n) is 0.773. The van der Waals surface area contributed by atoms with Crippen molar-refractivity contribution in [2.75, 3.05) is 13.6 Å². The van der Waals surface area contributed by atoms with Crippen molar-refractivity contribution in [2.45, 2.75) is 0 Å². The number of rotatable bonds is 2. The van der Waals surface area contributed by atoms with Gasteiger partial charge in [-0.15, -0.1) is 0 Å². The first-order valence-corrected chi connectivity index (χ1v) is 3.35. The second-order valence-corrected chi connectivity index (χ2v) is 2.80. The van der Waals surface area contributed by atoms with Crippen LogP contribution >= 0.6 is 22.6 Å². The summed E-state index contributed by atoms with van der Waals surface area (Å²) in [5.74, 6) is -0.0833. The molecule has 0 unspecified atom stereocenters. The van der Waals surface area contributed by atoms with E-state index in [1.165, 1.54) is 4.90 Å². The minimum Gasteiger partial charge on any atom is -0.370 e. The Morgan fingerprint density at radius 3 is 2.44 bits per heavy atom. The summed E-state index contributed by atoms with van der Waals surface area (Å²) < 4.78 is -0.0229. The lowest BCUT2D eigenvalue weighted by Gasteiger charge is -2.12. The standard InChI is InChI=1S/C4H8IN3O/c1-8(4(6)7)2-3(5)9/h2H2,1H3,(H3,6,7). The zero-order valence-corrected chi connectivity index (χ0v) is 7.18. The van der Waals surface area contributed by atoms with Gasteiger partial charge in [0.1, 0.15) is 0 Å². The van der Waals surface area contributed by atoms with Crippen LogP contribution in [0, 0.1) is 5.41 Å². The van der Waals surface area contributed by atoms with Gasteiger partial charge >= 0.3 is 0 Å². The Hall–Kier alpha value is -0.330. The summed E-state index contributed by atoms with van der Waals surface area (Å²) in [7, 11) is 1.60. The molecule has 0 aromatic rings. The molecule has 0 fully saturated rings. The fraction of sp³-hybridized carbons (Fsp3) is 0.500. The summed E-state index contributed by atoms with van der Waals surface area (Å²) in [4.78, 5) is 11.7. The van der Waals surface area contributed by atoms with Crippen molar-refractivity contribution in [3.8, 4) is 0 Å². The molecule has 0 aliphatic heterocycles. The Bertz CT molecular complexity index is 136. The molecular weight excluding hydrogens is 233 g/mol. The first kappa shape index (κ1) is 8.67. The summed E-state index contributed by atoms with van der Waals surface area (Å²) in [5, 5.41) is 6.84. The zero-order chi connectivity index (χ0) is 7.44. The van der Waals surface area contributed by atoms with E-state index in [-0.39, 0.29) is 16.3 Å². The van der Waals surface area contributed by atoms with Crippen LogP contribution in [0.15, 0.2) is 0 Å². The SMILES string of the molecule is CN(CC(=O)I)C(=N)N. The fourth-order valence-corrected chi connectivity index (χ4v) is 0.783. The van der Waals surface area contributed by atoms with Crippen LogP contribution in [0.2, 0.25) is 0 Å². The molecule has 0 atom stereocenters. The highest BCUT2D eigenvalue weighted by Gasteiger charge is 2.01. The van der Waals surface area contributed by atoms with E-state index in [1.54, 1.807) is 29.6 Å². The van der Waals surface area contributed by atoms with Crippen molar-refractivity contribution in [3.05, 3.63) is 0 Å². The summed E-state index contributed by atoms with van der Waals surface area (Å²) in [6, 6.07) is 0. The Balaban J connectivity index is 3.63. The van der Waals surface area contributed by atoms with Crippen molar-refractivity contribution in [1.29, 1.82) is 5.41 Å². The summed E-state index contributed by atoms with van der Waals surface area (Å²) in [5.41, 5.74) is 5.04. The minimum absolute atomic E-state index is 0.0229. The molecule has 0 aromatic carbocycles. The first-order chi connectivity index (χ1) is 4.04. The number of carbonyl (C=O) groups excluding carboxylic acids is 1. The van der Waals surface area contributed by atoms with E-state index in [0.29, 0.717) is 0 Å². The third-order valence-corrected chi connectivity index (χ3v) is 1.11. The van der Waals surface area contributed by atoms with Gasteiger partial charge in [-0.1, -0.05) is 0 Å². The van der Waals surface area contributed by atoms with Crippen LogP contribution in [0.3, 0.4) is 0 Å². The molecule has 0 radical (unpaired) electrons. The van der Waals surface area contributed by atoms with E-state index < -0.39 is 0 Å². The lowest BCUT2D eigenvalue weighted by atomic mass is 10.6. The number of halogens is 1. The predicted octanol–water partition coefficient (Wildman–Crippen LogP) is -0.227. The van der Waals surface area contributed by atoms with Gasteiger partial charge in [0, 0.05) is 29.6 Å². The largest absolute Gasteiger partial charge is 0.370 e. The van der Waals surface area contributed by atoms with E-state index >= 15 is 0 Å². The van der Waals surface area contributed by atoms with E-state index in [4.69, 9.17) is 11.1 Å². The second-order valence-electron chi connectivity index (χ2n) is 1.60. The summed E-state index contributed by atoms with van der Waals surface area (Å²) >= 11 is 1.66. The van der Waals surface area contributed by atoms with Gasteiger partial charge in [-0.2, -0.15) is 0 Å². The molecule has 0 heterocycles. The summed E-state index contributed by atoms with van der Waals surface area (Å²) in [6.07, 6.45) is 0. The Kier molecular flexibility index (Phi) is 3.52. The highest BCUT2D eigenvalue weighted by atomic mass is 127. The third kappa shape index (κ3) is 4.19. The average Bonchev–Trinajstić information content (AvgIpc) is 1.63. The molecule has 0 spiro atoms. The van der Waals surface area contributed by atoms with Gasteiger partial charge in [0.15, 0.2) is 5.96 Å². The van der Waals surface area contributed by atoms with Gasteiger partial charge in [-0.05, 0) is 0 Å². The van der Waals surface area contributed by atoms with Crippen LogP contribution in [0.25, 0.3) is 0 Å². The van der Waals surface area contributed by atoms with Crippen LogP contribution in [0.4, 0.5) is 0 Å². The van der Waals surface area contributed by atoms with Crippen molar-refractivity contribution >= 4 is 32.3 Å². The number of hydrogen-bond acceptors (Lipinski definition) is 2. The number of hydrogen-bond donors (Lipinski definition) is 2. The molecule has 0 aliphatic rings. The predicted molar refractivity (Wildman–Crippen MR) is 43.6 cm³/mol. The molecule has 5 heteroatoms. The summed E-state index contributed by atoms with van der Waals surface area (Å²) in [6.45, 7) is 0.204. The average molecular weight is 241 g/mol. The minimum atomic E-state index is -0.0833. The molecule has 0 bridgehead atoms. The number of nitrogens with two attached hydrogens (primary N) is 1.